The van der Waals surface area contributed by atoms with Crippen LogP contribution in [0.3, 0.4) is 0 Å². The lowest BCUT2D eigenvalue weighted by Crippen LogP contribution is -2.40. The van der Waals surface area contributed by atoms with Crippen LogP contribution >= 0.6 is 0 Å². The Labute approximate surface area is 138 Å². The van der Waals surface area contributed by atoms with Crippen LogP contribution in [0, 0.1) is 5.82 Å². The Hall–Kier alpha value is -1.46. The van der Waals surface area contributed by atoms with Crippen LogP contribution in [-0.4, -0.2) is 67.4 Å². The van der Waals surface area contributed by atoms with E-state index in [1.165, 1.54) is 6.07 Å². The Morgan fingerprint density at radius 2 is 1.96 bits per heavy atom. The van der Waals surface area contributed by atoms with E-state index in [9.17, 15) is 9.18 Å². The monoisotopic (exact) mass is 321 g/mol. The van der Waals surface area contributed by atoms with E-state index in [1.807, 2.05) is 22.9 Å². The van der Waals surface area contributed by atoms with Crippen LogP contribution in [0.4, 0.5) is 4.39 Å². The molecule has 1 fully saturated rings. The second-order valence-corrected chi connectivity index (χ2v) is 6.69. The van der Waals surface area contributed by atoms with Gasteiger partial charge in [0.15, 0.2) is 0 Å². The van der Waals surface area contributed by atoms with E-state index in [0.29, 0.717) is 24.7 Å². The van der Waals surface area contributed by atoms with Crippen molar-refractivity contribution in [3.05, 3.63) is 35.6 Å². The molecule has 0 bridgehead atoms. The molecule has 2 rings (SSSR count). The number of hydrogen-bond acceptors (Lipinski definition) is 3. The highest BCUT2D eigenvalue weighted by molar-refractivity contribution is 5.78. The Balaban J connectivity index is 1.85. The summed E-state index contributed by atoms with van der Waals surface area (Å²) in [6, 6.07) is 7.29. The van der Waals surface area contributed by atoms with Gasteiger partial charge in [-0.2, -0.15) is 0 Å². The highest BCUT2D eigenvalue weighted by atomic mass is 19.1. The molecule has 0 spiro atoms. The summed E-state index contributed by atoms with van der Waals surface area (Å²) in [5.41, 5.74) is 0.631. The number of carbonyl (C=O) groups excluding carboxylic acids is 1. The zero-order valence-corrected chi connectivity index (χ0v) is 14.5. The van der Waals surface area contributed by atoms with E-state index in [-0.39, 0.29) is 11.7 Å². The minimum absolute atomic E-state index is 0.142. The molecule has 128 valence electrons. The normalized spacial score (nSPS) is 19.2. The summed E-state index contributed by atoms with van der Waals surface area (Å²) in [6.07, 6.45) is 3.21. The number of nitrogens with zero attached hydrogens (tertiary/aromatic N) is 3. The second-order valence-electron chi connectivity index (χ2n) is 6.69. The standard InChI is InChI=1S/C18H28FN3O/c1-20(2)16-8-6-11-22(12-10-16)18(23)14-21(3)13-15-7-4-5-9-17(15)19/h4-5,7,9,16H,6,8,10-14H2,1-3H3. The van der Waals surface area contributed by atoms with Gasteiger partial charge in [-0.3, -0.25) is 9.69 Å². The van der Waals surface area contributed by atoms with E-state index in [1.54, 1.807) is 12.1 Å². The molecule has 0 aliphatic carbocycles. The number of halogens is 1. The zero-order chi connectivity index (χ0) is 16.8. The van der Waals surface area contributed by atoms with Crippen molar-refractivity contribution in [2.45, 2.75) is 31.8 Å². The summed E-state index contributed by atoms with van der Waals surface area (Å²) in [5.74, 6) is -0.0707. The molecule has 0 radical (unpaired) electrons. The van der Waals surface area contributed by atoms with Crippen LogP contribution in [0.1, 0.15) is 24.8 Å². The summed E-state index contributed by atoms with van der Waals surface area (Å²) in [6.45, 7) is 2.43. The summed E-state index contributed by atoms with van der Waals surface area (Å²) >= 11 is 0. The molecule has 4 nitrogen and oxygen atoms in total. The summed E-state index contributed by atoms with van der Waals surface area (Å²) in [7, 11) is 6.07. The molecule has 1 aliphatic rings. The third kappa shape index (κ3) is 5.29. The molecule has 1 heterocycles. The second kappa shape index (κ2) is 8.41. The lowest BCUT2D eigenvalue weighted by molar-refractivity contribution is -0.132. The number of amides is 1. The van der Waals surface area contributed by atoms with Crippen molar-refractivity contribution in [1.82, 2.24) is 14.7 Å². The molecular weight excluding hydrogens is 293 g/mol. The maximum absolute atomic E-state index is 13.7. The fourth-order valence-corrected chi connectivity index (χ4v) is 3.15. The lowest BCUT2D eigenvalue weighted by Gasteiger charge is -2.25. The fraction of sp³-hybridized carbons (Fsp3) is 0.611. The van der Waals surface area contributed by atoms with Gasteiger partial charge in [-0.25, -0.2) is 4.39 Å². The van der Waals surface area contributed by atoms with Gasteiger partial charge < -0.3 is 9.80 Å². The first-order valence-corrected chi connectivity index (χ1v) is 8.33. The first-order valence-electron chi connectivity index (χ1n) is 8.33. The van der Waals surface area contributed by atoms with E-state index < -0.39 is 0 Å². The summed E-state index contributed by atoms with van der Waals surface area (Å²) in [4.78, 5) is 18.6. The van der Waals surface area contributed by atoms with Crippen molar-refractivity contribution < 1.29 is 9.18 Å². The van der Waals surface area contributed by atoms with Gasteiger partial charge in [-0.1, -0.05) is 18.2 Å². The Morgan fingerprint density at radius 3 is 2.65 bits per heavy atom. The van der Waals surface area contributed by atoms with Gasteiger partial charge in [0, 0.05) is 31.2 Å². The third-order valence-corrected chi connectivity index (χ3v) is 4.58. The van der Waals surface area contributed by atoms with Gasteiger partial charge in [0.2, 0.25) is 5.91 Å². The van der Waals surface area contributed by atoms with E-state index >= 15 is 0 Å². The number of rotatable bonds is 5. The summed E-state index contributed by atoms with van der Waals surface area (Å²) in [5, 5.41) is 0. The van der Waals surface area contributed by atoms with Crippen LogP contribution in [0.2, 0.25) is 0 Å². The average molecular weight is 321 g/mol. The molecule has 0 aromatic heterocycles. The van der Waals surface area contributed by atoms with Crippen molar-refractivity contribution >= 4 is 5.91 Å². The number of hydrogen-bond donors (Lipinski definition) is 0. The first-order chi connectivity index (χ1) is 11.0. The fourth-order valence-electron chi connectivity index (χ4n) is 3.15. The SMILES string of the molecule is CN(CC(=O)N1CCCC(N(C)C)CC1)Cc1ccccc1F. The van der Waals surface area contributed by atoms with Gasteiger partial charge in [0.05, 0.1) is 6.54 Å². The molecule has 1 amide bonds. The minimum Gasteiger partial charge on any atom is -0.342 e. The maximum Gasteiger partial charge on any atom is 0.236 e. The Bertz CT molecular complexity index is 521. The highest BCUT2D eigenvalue weighted by Gasteiger charge is 2.22. The number of benzene rings is 1. The smallest absolute Gasteiger partial charge is 0.236 e. The predicted molar refractivity (Wildman–Crippen MR) is 90.6 cm³/mol. The lowest BCUT2D eigenvalue weighted by atomic mass is 10.1. The largest absolute Gasteiger partial charge is 0.342 e. The van der Waals surface area contributed by atoms with Gasteiger partial charge in [-0.05, 0) is 46.5 Å². The van der Waals surface area contributed by atoms with Crippen LogP contribution < -0.4 is 0 Å². The van der Waals surface area contributed by atoms with Gasteiger partial charge in [-0.15, -0.1) is 0 Å². The molecule has 1 unspecified atom stereocenters. The van der Waals surface area contributed by atoms with E-state index in [0.717, 1.165) is 32.4 Å². The molecule has 1 aromatic carbocycles. The van der Waals surface area contributed by atoms with Crippen molar-refractivity contribution in [2.24, 2.45) is 0 Å². The van der Waals surface area contributed by atoms with Crippen molar-refractivity contribution in [3.63, 3.8) is 0 Å². The van der Waals surface area contributed by atoms with Crippen LogP contribution in [-0.2, 0) is 11.3 Å². The number of likely N-dealkylation sites (tertiary alicyclic amines) is 1. The first kappa shape index (κ1) is 17.9. The van der Waals surface area contributed by atoms with Gasteiger partial charge in [0.25, 0.3) is 0 Å². The molecule has 5 heteroatoms. The maximum atomic E-state index is 13.7. The molecule has 0 saturated carbocycles. The number of carbonyl (C=O) groups is 1. The van der Waals surface area contributed by atoms with E-state index in [4.69, 9.17) is 0 Å². The third-order valence-electron chi connectivity index (χ3n) is 4.58. The molecule has 23 heavy (non-hydrogen) atoms. The van der Waals surface area contributed by atoms with E-state index in [2.05, 4.69) is 19.0 Å². The van der Waals surface area contributed by atoms with Gasteiger partial charge >= 0.3 is 0 Å². The van der Waals surface area contributed by atoms with Crippen LogP contribution in [0.5, 0.6) is 0 Å². The van der Waals surface area contributed by atoms with Gasteiger partial charge in [0.1, 0.15) is 5.82 Å². The molecular formula is C18H28FN3O. The van der Waals surface area contributed by atoms with Crippen LogP contribution in [0.15, 0.2) is 24.3 Å². The summed E-state index contributed by atoms with van der Waals surface area (Å²) < 4.78 is 13.7. The quantitative estimate of drug-likeness (QED) is 0.832. The molecule has 1 saturated heterocycles. The average Bonchev–Trinajstić information content (AvgIpc) is 2.75. The van der Waals surface area contributed by atoms with Crippen LogP contribution in [0.25, 0.3) is 0 Å². The molecule has 0 N–H and O–H groups in total. The van der Waals surface area contributed by atoms with Crippen molar-refractivity contribution in [1.29, 1.82) is 0 Å². The Morgan fingerprint density at radius 1 is 1.22 bits per heavy atom. The molecule has 1 atom stereocenters. The molecule has 1 aliphatic heterocycles. The predicted octanol–water partition coefficient (Wildman–Crippen LogP) is 2.20. The topological polar surface area (TPSA) is 26.8 Å². The number of likely N-dealkylation sites (N-methyl/N-ethyl adjacent to an activating group) is 1. The highest BCUT2D eigenvalue weighted by Crippen LogP contribution is 2.15. The van der Waals surface area contributed by atoms with Crippen molar-refractivity contribution in [3.8, 4) is 0 Å². The minimum atomic E-state index is -0.213. The van der Waals surface area contributed by atoms with Crippen molar-refractivity contribution in [2.75, 3.05) is 40.8 Å². The Kier molecular flexibility index (Phi) is 6.54. The zero-order valence-electron chi connectivity index (χ0n) is 14.5. The molecule has 1 aromatic rings.